The molecule has 0 spiro atoms. The highest BCUT2D eigenvalue weighted by Crippen LogP contribution is 2.24. The minimum absolute atomic E-state index is 0.337. The Labute approximate surface area is 223 Å². The van der Waals surface area contributed by atoms with Crippen LogP contribution in [-0.2, 0) is 19.1 Å². The average Bonchev–Trinajstić information content (AvgIpc) is 2.90. The quantitative estimate of drug-likeness (QED) is 0.279. The molecule has 0 bridgehead atoms. The van der Waals surface area contributed by atoms with Gasteiger partial charge in [-0.1, -0.05) is 29.8 Å². The fourth-order valence-electron chi connectivity index (χ4n) is 3.89. The van der Waals surface area contributed by atoms with Gasteiger partial charge in [-0.2, -0.15) is 8.78 Å². The van der Waals surface area contributed by atoms with E-state index in [0.717, 1.165) is 19.8 Å². The molecule has 0 saturated heterocycles. The lowest BCUT2D eigenvalue weighted by molar-refractivity contribution is -0.152. The second-order valence-electron chi connectivity index (χ2n) is 8.59. The minimum atomic E-state index is -1.47. The van der Waals surface area contributed by atoms with Gasteiger partial charge in [0.1, 0.15) is 18.6 Å². The van der Waals surface area contributed by atoms with E-state index in [2.05, 4.69) is 0 Å². The Bertz CT molecular complexity index is 1550. The molecule has 16 heteroatoms. The maximum atomic E-state index is 13.9. The Morgan fingerprint density at radius 2 is 1.35 bits per heavy atom. The standard InChI is InChI=1S/C24H26F2N6O8/c1-12-5-4-6-13(7-12)20(27)32(16(33)8-18(39-2)30-10-14(25)21(35)28-23(30)37)17(34)9-19(40-3)31-11-15(26)22(36)29-24(31)38/h4-7,10-11,18-20H,8-9,27H2,1-3H3,(H,28,35,37)(H,29,36,38). The van der Waals surface area contributed by atoms with Crippen molar-refractivity contribution in [3.63, 3.8) is 0 Å². The van der Waals surface area contributed by atoms with E-state index < -0.39 is 77.4 Å². The molecule has 3 unspecified atom stereocenters. The van der Waals surface area contributed by atoms with Crippen LogP contribution in [0, 0.1) is 18.6 Å². The highest BCUT2D eigenvalue weighted by atomic mass is 19.1. The van der Waals surface area contributed by atoms with Crippen LogP contribution in [-0.4, -0.2) is 50.0 Å². The number of hydrogen-bond acceptors (Lipinski definition) is 9. The summed E-state index contributed by atoms with van der Waals surface area (Å²) in [5, 5.41) is 0. The fourth-order valence-corrected chi connectivity index (χ4v) is 3.89. The molecular weight excluding hydrogens is 538 g/mol. The molecule has 3 atom stereocenters. The van der Waals surface area contributed by atoms with Crippen molar-refractivity contribution in [2.75, 3.05) is 14.2 Å². The number of ether oxygens (including phenoxy) is 2. The number of amides is 2. The summed E-state index contributed by atoms with van der Waals surface area (Å²) < 4.78 is 39.3. The van der Waals surface area contributed by atoms with E-state index in [1.807, 2.05) is 0 Å². The lowest BCUT2D eigenvalue weighted by Crippen LogP contribution is -2.46. The number of aromatic nitrogens is 4. The smallest absolute Gasteiger partial charge is 0.330 e. The van der Waals surface area contributed by atoms with Crippen LogP contribution in [0.4, 0.5) is 8.78 Å². The Morgan fingerprint density at radius 1 is 0.900 bits per heavy atom. The molecule has 2 aromatic heterocycles. The average molecular weight is 565 g/mol. The van der Waals surface area contributed by atoms with Crippen LogP contribution in [0.15, 0.2) is 55.8 Å². The van der Waals surface area contributed by atoms with Crippen molar-refractivity contribution in [3.8, 4) is 0 Å². The van der Waals surface area contributed by atoms with Crippen molar-refractivity contribution in [2.24, 2.45) is 5.73 Å². The third-order valence-corrected chi connectivity index (χ3v) is 5.91. The van der Waals surface area contributed by atoms with Gasteiger partial charge >= 0.3 is 11.4 Å². The number of carbonyl (C=O) groups is 2. The molecule has 3 rings (SSSR count). The summed E-state index contributed by atoms with van der Waals surface area (Å²) in [6.45, 7) is 1.75. The Hall–Kier alpha value is -4.54. The molecule has 1 aromatic carbocycles. The number of nitrogens with one attached hydrogen (secondary N) is 2. The molecule has 4 N–H and O–H groups in total. The third kappa shape index (κ3) is 6.53. The number of imide groups is 1. The fraction of sp³-hybridized carbons (Fsp3) is 0.333. The van der Waals surface area contributed by atoms with E-state index in [4.69, 9.17) is 15.2 Å². The summed E-state index contributed by atoms with van der Waals surface area (Å²) >= 11 is 0. The van der Waals surface area contributed by atoms with E-state index in [0.29, 0.717) is 32.0 Å². The number of rotatable bonds is 10. The summed E-state index contributed by atoms with van der Waals surface area (Å²) in [5.41, 5.74) is 2.70. The predicted molar refractivity (Wildman–Crippen MR) is 134 cm³/mol. The van der Waals surface area contributed by atoms with Crippen molar-refractivity contribution in [1.82, 2.24) is 24.0 Å². The molecule has 2 amide bonds. The van der Waals surface area contributed by atoms with E-state index in [-0.39, 0.29) is 0 Å². The lowest BCUT2D eigenvalue weighted by Gasteiger charge is -2.30. The number of halogens is 2. The van der Waals surface area contributed by atoms with Crippen LogP contribution in [0.3, 0.4) is 0 Å². The van der Waals surface area contributed by atoms with Crippen LogP contribution >= 0.6 is 0 Å². The molecule has 0 aliphatic carbocycles. The number of aromatic amines is 2. The van der Waals surface area contributed by atoms with E-state index in [9.17, 15) is 37.5 Å². The zero-order chi connectivity index (χ0) is 29.7. The number of benzene rings is 1. The van der Waals surface area contributed by atoms with Gasteiger partial charge in [-0.25, -0.2) is 9.59 Å². The van der Waals surface area contributed by atoms with Crippen molar-refractivity contribution in [3.05, 3.63) is 101 Å². The minimum Gasteiger partial charge on any atom is -0.361 e. The number of aryl methyl sites for hydroxylation is 1. The molecule has 0 saturated carbocycles. The molecule has 40 heavy (non-hydrogen) atoms. The number of hydrogen-bond donors (Lipinski definition) is 3. The number of H-pyrrole nitrogens is 2. The third-order valence-electron chi connectivity index (χ3n) is 5.91. The topological polar surface area (TPSA) is 192 Å². The monoisotopic (exact) mass is 564 g/mol. The van der Waals surface area contributed by atoms with Gasteiger partial charge < -0.3 is 15.2 Å². The molecule has 2 heterocycles. The molecule has 14 nitrogen and oxygen atoms in total. The normalized spacial score (nSPS) is 13.4. The molecule has 0 fully saturated rings. The van der Waals surface area contributed by atoms with Crippen LogP contribution in [0.2, 0.25) is 0 Å². The maximum Gasteiger partial charge on any atom is 0.330 e. The van der Waals surface area contributed by atoms with Gasteiger partial charge in [0, 0.05) is 14.2 Å². The first-order valence-electron chi connectivity index (χ1n) is 11.6. The number of nitrogens with two attached hydrogens (primary N) is 1. The highest BCUT2D eigenvalue weighted by Gasteiger charge is 2.33. The second-order valence-corrected chi connectivity index (χ2v) is 8.59. The van der Waals surface area contributed by atoms with Crippen molar-refractivity contribution < 1.29 is 27.8 Å². The summed E-state index contributed by atoms with van der Waals surface area (Å²) in [6, 6.07) is 6.55. The number of methoxy groups -OCH3 is 2. The van der Waals surface area contributed by atoms with Gasteiger partial charge in [-0.15, -0.1) is 0 Å². The summed E-state index contributed by atoms with van der Waals surface area (Å²) in [7, 11) is 2.22. The SMILES string of the molecule is COC(CC(=O)N(C(=O)CC(OC)n1cc(F)c(=O)[nH]c1=O)C(N)c1cccc(C)c1)n1cc(F)c(=O)[nH]c1=O. The van der Waals surface area contributed by atoms with Crippen LogP contribution in [0.25, 0.3) is 0 Å². The molecule has 214 valence electrons. The highest BCUT2D eigenvalue weighted by molar-refractivity contribution is 5.96. The number of nitrogens with zero attached hydrogens (tertiary/aromatic N) is 3. The van der Waals surface area contributed by atoms with Gasteiger partial charge in [0.25, 0.3) is 11.1 Å². The summed E-state index contributed by atoms with van der Waals surface area (Å²) in [6.07, 6.45) is -4.68. The van der Waals surface area contributed by atoms with Gasteiger partial charge in [0.15, 0.2) is 0 Å². The van der Waals surface area contributed by atoms with Gasteiger partial charge in [-0.05, 0) is 12.5 Å². The first-order valence-corrected chi connectivity index (χ1v) is 11.6. The molecular formula is C24H26F2N6O8. The number of carbonyl (C=O) groups excluding carboxylic acids is 2. The first kappa shape index (κ1) is 30.0. The Kier molecular flexibility index (Phi) is 9.41. The molecule has 3 aromatic rings. The molecule has 0 radical (unpaired) electrons. The lowest BCUT2D eigenvalue weighted by atomic mass is 10.1. The van der Waals surface area contributed by atoms with E-state index in [1.165, 1.54) is 0 Å². The zero-order valence-corrected chi connectivity index (χ0v) is 21.6. The van der Waals surface area contributed by atoms with Crippen molar-refractivity contribution >= 4 is 11.8 Å². The largest absolute Gasteiger partial charge is 0.361 e. The Balaban J connectivity index is 2.01. The van der Waals surface area contributed by atoms with E-state index >= 15 is 0 Å². The first-order chi connectivity index (χ1) is 18.9. The van der Waals surface area contributed by atoms with Crippen LogP contribution in [0.5, 0.6) is 0 Å². The molecule has 0 aliphatic heterocycles. The zero-order valence-electron chi connectivity index (χ0n) is 21.6. The molecule has 0 aliphatic rings. The van der Waals surface area contributed by atoms with Gasteiger partial charge in [0.05, 0.1) is 25.2 Å². The Morgan fingerprint density at radius 3 is 1.75 bits per heavy atom. The van der Waals surface area contributed by atoms with Gasteiger partial charge in [0.2, 0.25) is 23.4 Å². The van der Waals surface area contributed by atoms with E-state index in [1.54, 1.807) is 41.2 Å². The van der Waals surface area contributed by atoms with Crippen LogP contribution in [0.1, 0.15) is 42.6 Å². The predicted octanol–water partition coefficient (Wildman–Crippen LogP) is -0.244. The van der Waals surface area contributed by atoms with Crippen molar-refractivity contribution in [2.45, 2.75) is 38.4 Å². The van der Waals surface area contributed by atoms with Gasteiger partial charge in [-0.3, -0.25) is 43.2 Å². The summed E-state index contributed by atoms with van der Waals surface area (Å²) in [4.78, 5) is 78.4. The van der Waals surface area contributed by atoms with Crippen molar-refractivity contribution in [1.29, 1.82) is 0 Å². The second kappa shape index (κ2) is 12.5. The summed E-state index contributed by atoms with van der Waals surface area (Å²) in [5.74, 6) is -4.61. The maximum absolute atomic E-state index is 13.9. The van der Waals surface area contributed by atoms with Crippen LogP contribution < -0.4 is 28.2 Å².